The van der Waals surface area contributed by atoms with E-state index in [0.29, 0.717) is 24.8 Å². The summed E-state index contributed by atoms with van der Waals surface area (Å²) >= 11 is 7.27. The number of esters is 1. The molecule has 2 aliphatic rings. The number of hydrogen-bond acceptors (Lipinski definition) is 5. The summed E-state index contributed by atoms with van der Waals surface area (Å²) in [5.74, 6) is 0.631. The van der Waals surface area contributed by atoms with Gasteiger partial charge in [-0.15, -0.1) is 11.6 Å². The van der Waals surface area contributed by atoms with Crippen molar-refractivity contribution in [1.82, 2.24) is 10.2 Å². The summed E-state index contributed by atoms with van der Waals surface area (Å²) in [5, 5.41) is 2.85. The van der Waals surface area contributed by atoms with Crippen molar-refractivity contribution in [3.8, 4) is 5.75 Å². The van der Waals surface area contributed by atoms with Gasteiger partial charge in [0.25, 0.3) is 0 Å². The Hall–Kier alpha value is -1.79. The molecule has 2 atom stereocenters. The number of rotatable bonds is 9. The first kappa shape index (κ1) is 26.8. The molecule has 1 aromatic rings. The van der Waals surface area contributed by atoms with E-state index in [0.717, 1.165) is 63.5 Å². The fourth-order valence-corrected chi connectivity index (χ4v) is 6.14. The zero-order valence-electron chi connectivity index (χ0n) is 21.0. The van der Waals surface area contributed by atoms with Gasteiger partial charge in [0.15, 0.2) is 0 Å². The molecular weight excluding hydrogens is 452 g/mol. The fraction of sp³-hybridized carbons (Fsp3) is 0.704. The highest BCUT2D eigenvalue weighted by Gasteiger charge is 2.41. The van der Waals surface area contributed by atoms with Gasteiger partial charge in [0.1, 0.15) is 5.75 Å². The first-order valence-corrected chi connectivity index (χ1v) is 13.2. The maximum absolute atomic E-state index is 13.0. The zero-order chi connectivity index (χ0) is 24.6. The van der Waals surface area contributed by atoms with Crippen molar-refractivity contribution in [3.63, 3.8) is 0 Å². The molecule has 0 bridgehead atoms. The number of nitrogens with zero attached hydrogens (tertiary/aromatic N) is 1. The lowest BCUT2D eigenvalue weighted by Gasteiger charge is -2.41. The maximum atomic E-state index is 13.0. The molecule has 0 heterocycles. The highest BCUT2D eigenvalue weighted by Crippen LogP contribution is 2.48. The summed E-state index contributed by atoms with van der Waals surface area (Å²) in [5.41, 5.74) is 0.746. The first-order chi connectivity index (χ1) is 16.3. The Morgan fingerprint density at radius 2 is 1.85 bits per heavy atom. The molecule has 7 heteroatoms. The number of halogens is 1. The molecule has 2 saturated carbocycles. The largest absolute Gasteiger partial charge is 0.450 e. The van der Waals surface area contributed by atoms with E-state index in [9.17, 15) is 9.59 Å². The van der Waals surface area contributed by atoms with E-state index in [-0.39, 0.29) is 17.8 Å². The molecule has 34 heavy (non-hydrogen) atoms. The Labute approximate surface area is 209 Å². The molecule has 2 fully saturated rings. The molecule has 2 aliphatic carbocycles. The average molecular weight is 493 g/mol. The summed E-state index contributed by atoms with van der Waals surface area (Å²) in [6.07, 6.45) is 9.22. The average Bonchev–Trinajstić information content (AvgIpc) is 2.80. The Balaban J connectivity index is 1.69. The predicted molar refractivity (Wildman–Crippen MR) is 135 cm³/mol. The van der Waals surface area contributed by atoms with E-state index in [2.05, 4.69) is 30.4 Å². The van der Waals surface area contributed by atoms with Gasteiger partial charge in [-0.1, -0.05) is 44.2 Å². The van der Waals surface area contributed by atoms with Gasteiger partial charge in [0.05, 0.1) is 17.9 Å². The molecule has 1 aromatic carbocycles. The van der Waals surface area contributed by atoms with Crippen LogP contribution in [0.2, 0.25) is 0 Å². The lowest BCUT2D eigenvalue weighted by atomic mass is 9.71. The van der Waals surface area contributed by atoms with Crippen LogP contribution in [-0.4, -0.2) is 50.8 Å². The van der Waals surface area contributed by atoms with Gasteiger partial charge in [0, 0.05) is 13.1 Å². The van der Waals surface area contributed by atoms with Crippen LogP contribution in [0.1, 0.15) is 76.7 Å². The van der Waals surface area contributed by atoms with E-state index in [1.54, 1.807) is 6.92 Å². The quantitative estimate of drug-likeness (QED) is 0.265. The molecule has 0 aliphatic heterocycles. The molecule has 0 aromatic heterocycles. The van der Waals surface area contributed by atoms with E-state index in [1.165, 1.54) is 6.42 Å². The molecule has 0 saturated heterocycles. The van der Waals surface area contributed by atoms with Gasteiger partial charge < -0.3 is 19.7 Å². The number of benzene rings is 1. The van der Waals surface area contributed by atoms with Crippen LogP contribution < -0.4 is 10.1 Å². The molecule has 1 amide bonds. The lowest BCUT2D eigenvalue weighted by molar-refractivity contribution is -0.137. The number of ether oxygens (including phenoxy) is 2. The number of alkyl carbamates (subject to hydrolysis) is 1. The number of nitrogens with one attached hydrogen (secondary N) is 1. The zero-order valence-corrected chi connectivity index (χ0v) is 21.8. The summed E-state index contributed by atoms with van der Waals surface area (Å²) in [7, 11) is 4.17. The third kappa shape index (κ3) is 7.11. The first-order valence-electron chi connectivity index (χ1n) is 12.8. The minimum Gasteiger partial charge on any atom is -0.450 e. The number of hydrogen-bond donors (Lipinski definition) is 1. The van der Waals surface area contributed by atoms with Crippen LogP contribution in [0.5, 0.6) is 5.75 Å². The summed E-state index contributed by atoms with van der Waals surface area (Å²) in [6, 6.07) is 7.77. The standard InChI is InChI=1S/C27H41ClN2O4/c1-4-33-25(32)29-20-26(14-7-5-8-15-26)18-24(31)34-23-13-10-12-21(17-23)27(28)16-9-6-11-22(27)19-30(2)3/h10,12-13,17,22H,4-9,11,14-16,18-20H2,1-3H3,(H,29,32)/t22-,27+/m1/s1. The number of carbonyl (C=O) groups is 2. The van der Waals surface area contributed by atoms with Crippen LogP contribution in [0.15, 0.2) is 24.3 Å². The Bertz CT molecular complexity index is 825. The second kappa shape index (κ2) is 12.3. The van der Waals surface area contributed by atoms with Gasteiger partial charge >= 0.3 is 12.1 Å². The molecule has 0 radical (unpaired) electrons. The SMILES string of the molecule is CCOC(=O)NCC1(CC(=O)Oc2cccc([C@@]3(Cl)CCCC[C@@H]3CN(C)C)c2)CCCCC1. The minimum absolute atomic E-state index is 0.262. The van der Waals surface area contributed by atoms with E-state index in [1.807, 2.05) is 18.2 Å². The molecule has 0 spiro atoms. The summed E-state index contributed by atoms with van der Waals surface area (Å²) < 4.78 is 10.8. The van der Waals surface area contributed by atoms with Crippen molar-refractivity contribution in [1.29, 1.82) is 0 Å². The van der Waals surface area contributed by atoms with Crippen molar-refractivity contribution in [2.24, 2.45) is 11.3 Å². The van der Waals surface area contributed by atoms with Crippen molar-refractivity contribution in [3.05, 3.63) is 29.8 Å². The molecular formula is C27H41ClN2O4. The van der Waals surface area contributed by atoms with E-state index in [4.69, 9.17) is 21.1 Å². The Morgan fingerprint density at radius 3 is 2.56 bits per heavy atom. The number of amides is 1. The maximum Gasteiger partial charge on any atom is 0.407 e. The van der Waals surface area contributed by atoms with Crippen molar-refractivity contribution in [2.75, 3.05) is 33.8 Å². The van der Waals surface area contributed by atoms with Crippen molar-refractivity contribution >= 4 is 23.7 Å². The van der Waals surface area contributed by atoms with Crippen LogP contribution in [0, 0.1) is 11.3 Å². The molecule has 3 rings (SSSR count). The smallest absolute Gasteiger partial charge is 0.407 e. The second-order valence-corrected chi connectivity index (χ2v) is 11.1. The molecule has 1 N–H and O–H groups in total. The van der Waals surface area contributed by atoms with Crippen LogP contribution >= 0.6 is 11.6 Å². The number of alkyl halides is 1. The third-order valence-corrected chi connectivity index (χ3v) is 8.15. The summed E-state index contributed by atoms with van der Waals surface area (Å²) in [6.45, 7) is 3.47. The van der Waals surface area contributed by atoms with Gasteiger partial charge in [-0.25, -0.2) is 4.79 Å². The Morgan fingerprint density at radius 1 is 1.12 bits per heavy atom. The summed E-state index contributed by atoms with van der Waals surface area (Å²) in [4.78, 5) is 26.6. The fourth-order valence-electron chi connectivity index (χ4n) is 5.71. The van der Waals surface area contributed by atoms with Gasteiger partial charge in [-0.2, -0.15) is 0 Å². The second-order valence-electron chi connectivity index (χ2n) is 10.4. The third-order valence-electron chi connectivity index (χ3n) is 7.44. The van der Waals surface area contributed by atoms with Gasteiger partial charge in [-0.05, 0) is 75.7 Å². The topological polar surface area (TPSA) is 67.9 Å². The van der Waals surface area contributed by atoms with Gasteiger partial charge in [0.2, 0.25) is 0 Å². The number of carbonyl (C=O) groups excluding carboxylic acids is 2. The Kier molecular flexibility index (Phi) is 9.66. The minimum atomic E-state index is -0.445. The normalized spacial score (nSPS) is 24.4. The molecule has 0 unspecified atom stereocenters. The van der Waals surface area contributed by atoms with Crippen LogP contribution in [-0.2, 0) is 14.4 Å². The molecule has 6 nitrogen and oxygen atoms in total. The van der Waals surface area contributed by atoms with Crippen LogP contribution in [0.3, 0.4) is 0 Å². The van der Waals surface area contributed by atoms with Crippen LogP contribution in [0.4, 0.5) is 4.79 Å². The van der Waals surface area contributed by atoms with Crippen LogP contribution in [0.25, 0.3) is 0 Å². The highest BCUT2D eigenvalue weighted by molar-refractivity contribution is 6.24. The van der Waals surface area contributed by atoms with Gasteiger partial charge in [-0.3, -0.25) is 4.79 Å². The van der Waals surface area contributed by atoms with E-state index < -0.39 is 11.0 Å². The van der Waals surface area contributed by atoms with E-state index >= 15 is 0 Å². The van der Waals surface area contributed by atoms with Crippen molar-refractivity contribution in [2.45, 2.75) is 76.0 Å². The molecule has 190 valence electrons. The highest BCUT2D eigenvalue weighted by atomic mass is 35.5. The lowest BCUT2D eigenvalue weighted by Crippen LogP contribution is -2.41. The van der Waals surface area contributed by atoms with Crippen molar-refractivity contribution < 1.29 is 19.1 Å². The monoisotopic (exact) mass is 492 g/mol. The predicted octanol–water partition coefficient (Wildman–Crippen LogP) is 5.86.